The molecule has 0 atom stereocenters. The maximum atomic E-state index is 8.36. The van der Waals surface area contributed by atoms with Gasteiger partial charge in [0, 0.05) is 0 Å². The summed E-state index contributed by atoms with van der Waals surface area (Å²) in [4.78, 5) is 0. The number of hydrogen-bond acceptors (Lipinski definition) is 1. The van der Waals surface area contributed by atoms with Gasteiger partial charge in [-0.15, -0.1) is 0 Å². The Morgan fingerprint density at radius 3 is 1.25 bits per heavy atom. The normalized spacial score (nSPS) is 1.00. The van der Waals surface area contributed by atoms with Crippen LogP contribution in [-0.2, 0) is 27.8 Å². The van der Waals surface area contributed by atoms with E-state index in [1.165, 1.54) is 0 Å². The van der Waals surface area contributed by atoms with E-state index < -0.39 is 0 Å². The van der Waals surface area contributed by atoms with E-state index in [9.17, 15) is 0 Å². The molecule has 0 N–H and O–H groups in total. The molecule has 0 fully saturated rings. The summed E-state index contributed by atoms with van der Waals surface area (Å²) in [5, 5.41) is 0. The van der Waals surface area contributed by atoms with E-state index in [0.717, 1.165) is 0 Å². The van der Waals surface area contributed by atoms with Crippen molar-refractivity contribution < 1.29 is 27.8 Å². The third-order valence-electron chi connectivity index (χ3n) is 0. The molecule has 4 heavy (non-hydrogen) atoms. The molecule has 0 saturated carbocycles. The van der Waals surface area contributed by atoms with Crippen molar-refractivity contribution in [3.8, 4) is 0 Å². The second-order valence-electron chi connectivity index (χ2n) is 0. The molecule has 0 amide bonds. The van der Waals surface area contributed by atoms with Crippen molar-refractivity contribution in [1.82, 2.24) is 0 Å². The molecule has 2 nitrogen and oxygen atoms in total. The van der Waals surface area contributed by atoms with E-state index in [2.05, 4.69) is 0 Å². The molecule has 0 aliphatic carbocycles. The van der Waals surface area contributed by atoms with Crippen LogP contribution in [0.3, 0.4) is 0 Å². The Hall–Kier alpha value is 1.27. The van der Waals surface area contributed by atoms with Gasteiger partial charge in [-0.1, -0.05) is 0 Å². The van der Waals surface area contributed by atoms with Gasteiger partial charge in [-0.2, -0.15) is 0 Å². The molecule has 0 aliphatic heterocycles. The first-order valence-electron chi connectivity index (χ1n) is 0.183. The molecule has 4 heteroatoms. The van der Waals surface area contributed by atoms with Gasteiger partial charge < -0.3 is 5.48 Å². The Morgan fingerprint density at radius 2 is 1.25 bits per heavy atom. The van der Waals surface area contributed by atoms with Crippen molar-refractivity contribution in [2.45, 2.75) is 0 Å². The number of rotatable bonds is 0. The van der Waals surface area contributed by atoms with Crippen LogP contribution >= 0.6 is 0 Å². The molecule has 0 aromatic heterocycles. The second-order valence-corrected chi connectivity index (χ2v) is 0. The predicted octanol–water partition coefficient (Wildman–Crippen LogP) is -0.621. The summed E-state index contributed by atoms with van der Waals surface area (Å²) >= 11 is 0.194. The van der Waals surface area contributed by atoms with Gasteiger partial charge in [-0.25, -0.2) is 0 Å². The summed E-state index contributed by atoms with van der Waals surface area (Å²) in [6, 6.07) is 0. The average molecular weight is 306 g/mol. The van der Waals surface area contributed by atoms with Crippen molar-refractivity contribution in [3.63, 3.8) is 0 Å². The zero-order valence-corrected chi connectivity index (χ0v) is 8.42. The fourth-order valence-corrected chi connectivity index (χ4v) is 0. The molecule has 0 aliphatic rings. The Kier molecular flexibility index (Phi) is 132. The fraction of sp³-hybridized carbons (Fsp3) is 0. The van der Waals surface area contributed by atoms with Crippen LogP contribution in [0.15, 0.2) is 0 Å². The average Bonchev–Trinajstić information content (AvgIpc) is 1.00. The summed E-state index contributed by atoms with van der Waals surface area (Å²) in [5.74, 6) is 0. The molecular formula is BiO2Zn+. The zero-order valence-electron chi connectivity index (χ0n) is 1.97. The van der Waals surface area contributed by atoms with Crippen LogP contribution in [0.25, 0.3) is 0 Å². The maximum absolute atomic E-state index is 8.36. The minimum absolute atomic E-state index is 0. The van der Waals surface area contributed by atoms with Gasteiger partial charge in [0.1, 0.15) is 0 Å². The van der Waals surface area contributed by atoms with Crippen LogP contribution in [0.1, 0.15) is 0 Å². The molecule has 18 valence electrons. The molecule has 0 heterocycles. The van der Waals surface area contributed by atoms with Gasteiger partial charge in [0.15, 0.2) is 0 Å². The number of hydrogen-bond donors (Lipinski definition) is 0. The summed E-state index contributed by atoms with van der Waals surface area (Å²) in [6.07, 6.45) is 0. The van der Waals surface area contributed by atoms with E-state index in [-0.39, 0.29) is 49.7 Å². The van der Waals surface area contributed by atoms with Gasteiger partial charge in [0.25, 0.3) is 0 Å². The molecule has 0 bridgehead atoms. The third kappa shape index (κ3) is 10.5. The molecule has 0 spiro atoms. The van der Waals surface area contributed by atoms with Crippen LogP contribution in [0, 0.1) is 0 Å². The monoisotopic (exact) mass is 305 g/mol. The zero-order chi connectivity index (χ0) is 2.00. The predicted molar refractivity (Wildman–Crippen MR) is 7.13 cm³/mol. The first-order valence-corrected chi connectivity index (χ1v) is 1.60. The van der Waals surface area contributed by atoms with Crippen LogP contribution in [0.4, 0.5) is 0 Å². The van der Waals surface area contributed by atoms with E-state index in [4.69, 9.17) is 2.81 Å². The molecule has 0 aromatic rings. The molecule has 2 radical (unpaired) electrons. The van der Waals surface area contributed by atoms with Crippen molar-refractivity contribution in [2.24, 2.45) is 0 Å². The van der Waals surface area contributed by atoms with Gasteiger partial charge in [0.05, 0.1) is 0 Å². The quantitative estimate of drug-likeness (QED) is 0.550. The summed E-state index contributed by atoms with van der Waals surface area (Å²) in [7, 11) is 0. The smallest absolute Gasteiger partial charge is 2.00 e. The van der Waals surface area contributed by atoms with Gasteiger partial charge >= 0.3 is 47.0 Å². The first-order chi connectivity index (χ1) is 1.00. The Labute approximate surface area is 52.3 Å². The molecule has 0 aromatic carbocycles. The molecule has 0 unspecified atom stereocenters. The Bertz CT molecular complexity index is 6.00. The van der Waals surface area contributed by atoms with Crippen molar-refractivity contribution in [1.29, 1.82) is 0 Å². The van der Waals surface area contributed by atoms with Gasteiger partial charge in [0.2, 0.25) is 0 Å². The molecule has 0 saturated heterocycles. The van der Waals surface area contributed by atoms with Crippen LogP contribution < -0.4 is 0 Å². The van der Waals surface area contributed by atoms with E-state index in [0.29, 0.717) is 0 Å². The van der Waals surface area contributed by atoms with Crippen LogP contribution in [-0.4, -0.2) is 24.7 Å². The first kappa shape index (κ1) is 18.7. The van der Waals surface area contributed by atoms with E-state index in [1.54, 1.807) is 0 Å². The molecule has 0 rings (SSSR count). The minimum atomic E-state index is 0. The largest absolute Gasteiger partial charge is 2.00 e. The van der Waals surface area contributed by atoms with Crippen LogP contribution in [0.5, 0.6) is 0 Å². The summed E-state index contributed by atoms with van der Waals surface area (Å²) < 4.78 is 8.36. The Morgan fingerprint density at radius 1 is 1.25 bits per heavy atom. The van der Waals surface area contributed by atoms with Gasteiger partial charge in [-0.05, 0) is 0 Å². The standard InChI is InChI=1S/Bi.2O.Zn/q+1;;-2;+2. The van der Waals surface area contributed by atoms with E-state index in [1.807, 2.05) is 0 Å². The van der Waals surface area contributed by atoms with Crippen LogP contribution in [0.2, 0.25) is 0 Å². The minimum Gasteiger partial charge on any atom is 2.00 e. The molecular weight excluding hydrogens is 306 g/mol. The van der Waals surface area contributed by atoms with Crippen molar-refractivity contribution >= 4 is 24.7 Å². The van der Waals surface area contributed by atoms with Crippen molar-refractivity contribution in [3.05, 3.63) is 0 Å². The topological polar surface area (TPSA) is 45.6 Å². The van der Waals surface area contributed by atoms with Crippen molar-refractivity contribution in [2.75, 3.05) is 0 Å². The SMILES string of the molecule is [O-2].[O]=[Bi+].[Zn+2]. The Balaban J connectivity index is -0.00000000500. The summed E-state index contributed by atoms with van der Waals surface area (Å²) in [5.41, 5.74) is 0. The van der Waals surface area contributed by atoms with E-state index >= 15 is 0 Å². The maximum Gasteiger partial charge on any atom is 2.00 e. The van der Waals surface area contributed by atoms with Gasteiger partial charge in [-0.3, -0.25) is 0 Å². The fourth-order valence-electron chi connectivity index (χ4n) is 0. The second kappa shape index (κ2) is 28.4. The third-order valence-corrected chi connectivity index (χ3v) is 0. The summed E-state index contributed by atoms with van der Waals surface area (Å²) in [6.45, 7) is 0.